The summed E-state index contributed by atoms with van der Waals surface area (Å²) in [6, 6.07) is 5.93. The molecule has 0 aliphatic carbocycles. The highest BCUT2D eigenvalue weighted by Gasteiger charge is 2.24. The number of carbonyl (C=O) groups is 1. The summed E-state index contributed by atoms with van der Waals surface area (Å²) < 4.78 is 1.71. The number of nitrogens with one attached hydrogen (secondary N) is 1. The van der Waals surface area contributed by atoms with Gasteiger partial charge in [-0.15, -0.1) is 12.4 Å². The predicted octanol–water partition coefficient (Wildman–Crippen LogP) is 1.43. The van der Waals surface area contributed by atoms with Crippen molar-refractivity contribution in [2.45, 2.75) is 19.9 Å². The van der Waals surface area contributed by atoms with E-state index in [2.05, 4.69) is 22.3 Å². The molecule has 1 aliphatic heterocycles. The van der Waals surface area contributed by atoms with E-state index in [1.165, 1.54) is 6.33 Å². The molecule has 0 radical (unpaired) electrons. The Kier molecular flexibility index (Phi) is 5.15. The van der Waals surface area contributed by atoms with Gasteiger partial charge in [-0.05, 0) is 37.6 Å². The lowest BCUT2D eigenvalue weighted by Crippen LogP contribution is -2.52. The Morgan fingerprint density at radius 1 is 1.41 bits per heavy atom. The van der Waals surface area contributed by atoms with Gasteiger partial charge in [-0.25, -0.2) is 9.67 Å². The Bertz CT molecular complexity index is 643. The lowest BCUT2D eigenvalue weighted by atomic mass is 10.1. The summed E-state index contributed by atoms with van der Waals surface area (Å²) in [7, 11) is 0. The zero-order valence-corrected chi connectivity index (χ0v) is 13.5. The Labute approximate surface area is 135 Å². The molecule has 1 aliphatic rings. The van der Waals surface area contributed by atoms with Crippen molar-refractivity contribution >= 4 is 18.3 Å². The van der Waals surface area contributed by atoms with Crippen LogP contribution in [0.3, 0.4) is 0 Å². The van der Waals surface area contributed by atoms with E-state index in [1.807, 2.05) is 30.0 Å². The number of carbonyl (C=O) groups excluding carboxylic acids is 1. The highest BCUT2D eigenvalue weighted by molar-refractivity contribution is 5.95. The van der Waals surface area contributed by atoms with Gasteiger partial charge in [0.15, 0.2) is 0 Å². The van der Waals surface area contributed by atoms with Gasteiger partial charge in [-0.3, -0.25) is 4.79 Å². The van der Waals surface area contributed by atoms with E-state index in [-0.39, 0.29) is 24.4 Å². The lowest BCUT2D eigenvalue weighted by molar-refractivity contribution is 0.0655. The number of halogens is 1. The third-order valence-corrected chi connectivity index (χ3v) is 3.87. The average molecular weight is 322 g/mol. The molecule has 1 saturated heterocycles. The maximum absolute atomic E-state index is 12.6. The van der Waals surface area contributed by atoms with Gasteiger partial charge in [0.2, 0.25) is 0 Å². The maximum atomic E-state index is 12.6. The van der Waals surface area contributed by atoms with Crippen LogP contribution in [0.2, 0.25) is 0 Å². The third kappa shape index (κ3) is 3.13. The Morgan fingerprint density at radius 3 is 2.86 bits per heavy atom. The minimum atomic E-state index is 0. The number of hydrogen-bond acceptors (Lipinski definition) is 4. The van der Waals surface area contributed by atoms with Gasteiger partial charge in [0.25, 0.3) is 5.91 Å². The zero-order chi connectivity index (χ0) is 14.8. The Balaban J connectivity index is 0.00000176. The first-order valence-electron chi connectivity index (χ1n) is 7.14. The van der Waals surface area contributed by atoms with Crippen LogP contribution in [0.25, 0.3) is 5.69 Å². The van der Waals surface area contributed by atoms with Crippen LogP contribution in [0.5, 0.6) is 0 Å². The maximum Gasteiger partial charge on any atom is 0.254 e. The first-order valence-corrected chi connectivity index (χ1v) is 7.14. The number of rotatable bonds is 2. The first kappa shape index (κ1) is 16.5. The van der Waals surface area contributed by atoms with Crippen LogP contribution in [0.15, 0.2) is 30.9 Å². The molecule has 3 rings (SSSR count). The van der Waals surface area contributed by atoms with Gasteiger partial charge in [0.1, 0.15) is 12.7 Å². The number of benzene rings is 1. The van der Waals surface area contributed by atoms with Crippen molar-refractivity contribution in [2.24, 2.45) is 0 Å². The van der Waals surface area contributed by atoms with Crippen LogP contribution in [0, 0.1) is 6.92 Å². The van der Waals surface area contributed by atoms with E-state index >= 15 is 0 Å². The molecule has 2 heterocycles. The molecule has 1 amide bonds. The second-order valence-corrected chi connectivity index (χ2v) is 5.39. The molecule has 0 unspecified atom stereocenters. The second kappa shape index (κ2) is 6.89. The highest BCUT2D eigenvalue weighted by atomic mass is 35.5. The Hall–Kier alpha value is -1.92. The number of aromatic nitrogens is 3. The molecule has 0 saturated carbocycles. The zero-order valence-electron chi connectivity index (χ0n) is 12.7. The van der Waals surface area contributed by atoms with Crippen LogP contribution < -0.4 is 5.32 Å². The van der Waals surface area contributed by atoms with E-state index in [4.69, 9.17) is 0 Å². The molecule has 6 nitrogen and oxygen atoms in total. The number of hydrogen-bond donors (Lipinski definition) is 1. The fourth-order valence-corrected chi connectivity index (χ4v) is 2.69. The molecule has 0 bridgehead atoms. The third-order valence-electron chi connectivity index (χ3n) is 3.87. The molecule has 118 valence electrons. The average Bonchev–Trinajstić information content (AvgIpc) is 3.01. The first-order chi connectivity index (χ1) is 10.2. The monoisotopic (exact) mass is 321 g/mol. The fraction of sp³-hybridized carbons (Fsp3) is 0.400. The number of aryl methyl sites for hydroxylation is 1. The molecule has 22 heavy (non-hydrogen) atoms. The summed E-state index contributed by atoms with van der Waals surface area (Å²) in [5, 5.41) is 7.42. The standard InChI is InChI=1S/C15H19N5O.ClH/c1-11-7-13(3-4-14(11)20-10-17-9-18-20)15(21)19-6-5-16-8-12(19)2;/h3-4,7,9-10,12,16H,5-6,8H2,1-2H3;1H/t12-;/m1./s1. The van der Waals surface area contributed by atoms with Gasteiger partial charge in [0.05, 0.1) is 5.69 Å². The second-order valence-electron chi connectivity index (χ2n) is 5.39. The van der Waals surface area contributed by atoms with Crippen LogP contribution in [0.1, 0.15) is 22.8 Å². The van der Waals surface area contributed by atoms with Crippen LogP contribution in [-0.4, -0.2) is 51.2 Å². The van der Waals surface area contributed by atoms with Crippen molar-refractivity contribution in [3.05, 3.63) is 42.0 Å². The molecule has 2 aromatic rings. The van der Waals surface area contributed by atoms with Crippen molar-refractivity contribution in [3.63, 3.8) is 0 Å². The SMILES string of the molecule is Cc1cc(C(=O)N2CCNC[C@H]2C)ccc1-n1cncn1.Cl. The summed E-state index contributed by atoms with van der Waals surface area (Å²) in [5.41, 5.74) is 2.68. The molecule has 1 fully saturated rings. The van der Waals surface area contributed by atoms with Gasteiger partial charge >= 0.3 is 0 Å². The van der Waals surface area contributed by atoms with Crippen LogP contribution in [0.4, 0.5) is 0 Å². The largest absolute Gasteiger partial charge is 0.333 e. The van der Waals surface area contributed by atoms with Crippen molar-refractivity contribution in [2.75, 3.05) is 19.6 Å². The van der Waals surface area contributed by atoms with Gasteiger partial charge < -0.3 is 10.2 Å². The van der Waals surface area contributed by atoms with E-state index in [1.54, 1.807) is 11.0 Å². The van der Waals surface area contributed by atoms with Gasteiger partial charge in [-0.2, -0.15) is 5.10 Å². The van der Waals surface area contributed by atoms with E-state index < -0.39 is 0 Å². The molecule has 1 N–H and O–H groups in total. The molecule has 1 aromatic carbocycles. The Morgan fingerprint density at radius 2 is 2.23 bits per heavy atom. The molecular formula is C15H20ClN5O. The summed E-state index contributed by atoms with van der Waals surface area (Å²) in [6.07, 6.45) is 3.16. The molecule has 7 heteroatoms. The molecule has 0 spiro atoms. The van der Waals surface area contributed by atoms with Crippen molar-refractivity contribution in [3.8, 4) is 5.69 Å². The molecule has 1 aromatic heterocycles. The topological polar surface area (TPSA) is 63.1 Å². The normalized spacial score (nSPS) is 17.9. The van der Waals surface area contributed by atoms with Crippen LogP contribution in [-0.2, 0) is 0 Å². The van der Waals surface area contributed by atoms with Crippen LogP contribution >= 0.6 is 12.4 Å². The minimum absolute atomic E-state index is 0. The quantitative estimate of drug-likeness (QED) is 0.909. The summed E-state index contributed by atoms with van der Waals surface area (Å²) in [5.74, 6) is 0.0947. The van der Waals surface area contributed by atoms with E-state index in [0.29, 0.717) is 0 Å². The summed E-state index contributed by atoms with van der Waals surface area (Å²) in [4.78, 5) is 18.5. The van der Waals surface area contributed by atoms with Crippen molar-refractivity contribution in [1.82, 2.24) is 25.0 Å². The highest BCUT2D eigenvalue weighted by Crippen LogP contribution is 2.17. The summed E-state index contributed by atoms with van der Waals surface area (Å²) >= 11 is 0. The van der Waals surface area contributed by atoms with E-state index in [9.17, 15) is 4.79 Å². The number of amides is 1. The fourth-order valence-electron chi connectivity index (χ4n) is 2.69. The predicted molar refractivity (Wildman–Crippen MR) is 86.7 cm³/mol. The van der Waals surface area contributed by atoms with Crippen molar-refractivity contribution in [1.29, 1.82) is 0 Å². The smallest absolute Gasteiger partial charge is 0.254 e. The van der Waals surface area contributed by atoms with Crippen molar-refractivity contribution < 1.29 is 4.79 Å². The van der Waals surface area contributed by atoms with Gasteiger partial charge in [-0.1, -0.05) is 0 Å². The molecule has 1 atom stereocenters. The summed E-state index contributed by atoms with van der Waals surface area (Å²) in [6.45, 7) is 6.51. The molecular weight excluding hydrogens is 302 g/mol. The van der Waals surface area contributed by atoms with Gasteiger partial charge in [0, 0.05) is 31.2 Å². The lowest BCUT2D eigenvalue weighted by Gasteiger charge is -2.34. The minimum Gasteiger partial charge on any atom is -0.333 e. The van der Waals surface area contributed by atoms with E-state index in [0.717, 1.165) is 36.4 Å². The number of piperazine rings is 1. The number of nitrogens with zero attached hydrogens (tertiary/aromatic N) is 4.